The second kappa shape index (κ2) is 6.24. The molecule has 0 unspecified atom stereocenters. The number of oxazole rings is 1. The van der Waals surface area contributed by atoms with Crippen molar-refractivity contribution in [2.75, 3.05) is 38.6 Å². The molecule has 17 heavy (non-hydrogen) atoms. The summed E-state index contributed by atoms with van der Waals surface area (Å²) in [6, 6.07) is 0.378. The van der Waals surface area contributed by atoms with Crippen molar-refractivity contribution < 1.29 is 14.3 Å². The van der Waals surface area contributed by atoms with Crippen LogP contribution in [0.5, 0.6) is 0 Å². The third-order valence-electron chi connectivity index (χ3n) is 2.40. The van der Waals surface area contributed by atoms with E-state index in [4.69, 9.17) is 9.52 Å². The predicted octanol–water partition coefficient (Wildman–Crippen LogP) is 1.15. The van der Waals surface area contributed by atoms with Crippen LogP contribution >= 0.6 is 0 Å². The first-order valence-electron chi connectivity index (χ1n) is 5.63. The Kier molecular flexibility index (Phi) is 4.96. The van der Waals surface area contributed by atoms with Gasteiger partial charge >= 0.3 is 5.97 Å². The summed E-state index contributed by atoms with van der Waals surface area (Å²) in [7, 11) is 4.04. The van der Waals surface area contributed by atoms with Crippen LogP contribution in [0.2, 0.25) is 0 Å². The number of carboxylic acids is 1. The molecule has 1 N–H and O–H groups in total. The summed E-state index contributed by atoms with van der Waals surface area (Å²) >= 11 is 0. The van der Waals surface area contributed by atoms with Crippen molar-refractivity contribution in [2.45, 2.75) is 13.3 Å². The number of hydrogen-bond donors (Lipinski definition) is 1. The normalized spacial score (nSPS) is 10.8. The molecule has 1 aromatic rings. The van der Waals surface area contributed by atoms with Crippen LogP contribution in [0.3, 0.4) is 0 Å². The van der Waals surface area contributed by atoms with Gasteiger partial charge in [-0.2, -0.15) is 4.98 Å². The molecule has 0 saturated carbocycles. The lowest BCUT2D eigenvalue weighted by Crippen LogP contribution is -2.27. The molecule has 0 spiro atoms. The average molecular weight is 241 g/mol. The van der Waals surface area contributed by atoms with Gasteiger partial charge in [0.15, 0.2) is 5.69 Å². The van der Waals surface area contributed by atoms with Crippen LogP contribution in [0.4, 0.5) is 6.01 Å². The number of hydrogen-bond acceptors (Lipinski definition) is 5. The van der Waals surface area contributed by atoms with Crippen LogP contribution in [0.25, 0.3) is 0 Å². The standard InChI is InChI=1S/C11H19N3O3/c1-4-14(7-5-6-13(2)3)11-12-9(8-17-11)10(15)16/h8H,4-7H2,1-3H3,(H,15,16). The van der Waals surface area contributed by atoms with Crippen molar-refractivity contribution in [1.82, 2.24) is 9.88 Å². The highest BCUT2D eigenvalue weighted by Gasteiger charge is 2.14. The monoisotopic (exact) mass is 241 g/mol. The Labute approximate surface area is 101 Å². The van der Waals surface area contributed by atoms with E-state index in [2.05, 4.69) is 9.88 Å². The van der Waals surface area contributed by atoms with E-state index >= 15 is 0 Å². The third-order valence-corrected chi connectivity index (χ3v) is 2.40. The molecule has 0 aromatic carbocycles. The van der Waals surface area contributed by atoms with Gasteiger partial charge in [-0.3, -0.25) is 0 Å². The SMILES string of the molecule is CCN(CCCN(C)C)c1nc(C(=O)O)co1. The second-order valence-corrected chi connectivity index (χ2v) is 4.06. The molecule has 0 fully saturated rings. The molecule has 0 amide bonds. The zero-order valence-electron chi connectivity index (χ0n) is 10.5. The Morgan fingerprint density at radius 2 is 2.18 bits per heavy atom. The van der Waals surface area contributed by atoms with Crippen molar-refractivity contribution in [2.24, 2.45) is 0 Å². The van der Waals surface area contributed by atoms with E-state index < -0.39 is 5.97 Å². The fraction of sp³-hybridized carbons (Fsp3) is 0.636. The van der Waals surface area contributed by atoms with Crippen molar-refractivity contribution in [3.63, 3.8) is 0 Å². The van der Waals surface area contributed by atoms with Crippen molar-refractivity contribution in [3.8, 4) is 0 Å². The lowest BCUT2D eigenvalue weighted by molar-refractivity contribution is 0.0690. The number of carbonyl (C=O) groups is 1. The van der Waals surface area contributed by atoms with E-state index in [1.807, 2.05) is 25.9 Å². The average Bonchev–Trinajstić information content (AvgIpc) is 2.73. The van der Waals surface area contributed by atoms with Crippen molar-refractivity contribution >= 4 is 12.0 Å². The van der Waals surface area contributed by atoms with Crippen LogP contribution in [-0.2, 0) is 0 Å². The minimum absolute atomic E-state index is 0.0499. The van der Waals surface area contributed by atoms with E-state index in [1.165, 1.54) is 6.26 Å². The Hall–Kier alpha value is -1.56. The minimum Gasteiger partial charge on any atom is -0.476 e. The third kappa shape index (κ3) is 4.07. The van der Waals surface area contributed by atoms with E-state index in [1.54, 1.807) is 0 Å². The molecule has 0 radical (unpaired) electrons. The maximum absolute atomic E-state index is 10.7. The molecule has 6 nitrogen and oxygen atoms in total. The molecule has 0 aliphatic rings. The van der Waals surface area contributed by atoms with Gasteiger partial charge in [0.1, 0.15) is 6.26 Å². The van der Waals surface area contributed by atoms with Gasteiger partial charge in [0.2, 0.25) is 0 Å². The van der Waals surface area contributed by atoms with Crippen LogP contribution in [-0.4, -0.2) is 54.7 Å². The highest BCUT2D eigenvalue weighted by Crippen LogP contribution is 2.13. The molecule has 6 heteroatoms. The van der Waals surface area contributed by atoms with E-state index in [-0.39, 0.29) is 5.69 Å². The van der Waals surface area contributed by atoms with Gasteiger partial charge < -0.3 is 19.3 Å². The van der Waals surface area contributed by atoms with E-state index in [9.17, 15) is 4.79 Å². The van der Waals surface area contributed by atoms with Gasteiger partial charge in [0.25, 0.3) is 6.01 Å². The Balaban J connectivity index is 2.56. The predicted molar refractivity (Wildman–Crippen MR) is 64.5 cm³/mol. The molecule has 0 atom stereocenters. The lowest BCUT2D eigenvalue weighted by Gasteiger charge is -2.19. The topological polar surface area (TPSA) is 69.8 Å². The second-order valence-electron chi connectivity index (χ2n) is 4.06. The lowest BCUT2D eigenvalue weighted by atomic mass is 10.3. The zero-order valence-corrected chi connectivity index (χ0v) is 10.5. The smallest absolute Gasteiger partial charge is 0.357 e. The summed E-state index contributed by atoms with van der Waals surface area (Å²) in [6.07, 6.45) is 2.15. The molecule has 0 aliphatic carbocycles. The van der Waals surface area contributed by atoms with Gasteiger partial charge in [-0.05, 0) is 34.0 Å². The van der Waals surface area contributed by atoms with Gasteiger partial charge in [0.05, 0.1) is 0 Å². The molecular weight excluding hydrogens is 222 g/mol. The molecule has 96 valence electrons. The van der Waals surface area contributed by atoms with Gasteiger partial charge in [0, 0.05) is 13.1 Å². The highest BCUT2D eigenvalue weighted by molar-refractivity contribution is 5.85. The number of aromatic nitrogens is 1. The van der Waals surface area contributed by atoms with Gasteiger partial charge in [-0.1, -0.05) is 0 Å². The van der Waals surface area contributed by atoms with Crippen molar-refractivity contribution in [3.05, 3.63) is 12.0 Å². The number of carboxylic acid groups (broad SMARTS) is 1. The molecule has 1 aromatic heterocycles. The largest absolute Gasteiger partial charge is 0.476 e. The molecular formula is C11H19N3O3. The summed E-state index contributed by atoms with van der Waals surface area (Å²) < 4.78 is 5.16. The summed E-state index contributed by atoms with van der Waals surface area (Å²) in [6.45, 7) is 4.50. The quantitative estimate of drug-likeness (QED) is 0.772. The maximum Gasteiger partial charge on any atom is 0.357 e. The van der Waals surface area contributed by atoms with Crippen LogP contribution in [0.1, 0.15) is 23.8 Å². The number of rotatable bonds is 7. The van der Waals surface area contributed by atoms with E-state index in [0.29, 0.717) is 6.01 Å². The maximum atomic E-state index is 10.7. The van der Waals surface area contributed by atoms with Gasteiger partial charge in [-0.25, -0.2) is 4.79 Å². The number of nitrogens with zero attached hydrogens (tertiary/aromatic N) is 3. The summed E-state index contributed by atoms with van der Waals surface area (Å²) in [5.41, 5.74) is -0.0499. The fourth-order valence-corrected chi connectivity index (χ4v) is 1.47. The first-order valence-corrected chi connectivity index (χ1v) is 5.63. The van der Waals surface area contributed by atoms with Gasteiger partial charge in [-0.15, -0.1) is 0 Å². The van der Waals surface area contributed by atoms with Crippen LogP contribution in [0, 0.1) is 0 Å². The van der Waals surface area contributed by atoms with Crippen molar-refractivity contribution in [1.29, 1.82) is 0 Å². The first kappa shape index (κ1) is 13.5. The molecule has 0 saturated heterocycles. The molecule has 1 heterocycles. The Morgan fingerprint density at radius 1 is 1.47 bits per heavy atom. The highest BCUT2D eigenvalue weighted by atomic mass is 16.4. The Bertz CT molecular complexity index is 363. The minimum atomic E-state index is -1.07. The first-order chi connectivity index (χ1) is 8.04. The Morgan fingerprint density at radius 3 is 2.65 bits per heavy atom. The molecule has 0 aliphatic heterocycles. The molecule has 0 bridgehead atoms. The summed E-state index contributed by atoms with van der Waals surface area (Å²) in [4.78, 5) is 18.6. The molecule has 1 rings (SSSR count). The number of anilines is 1. The summed E-state index contributed by atoms with van der Waals surface area (Å²) in [5.74, 6) is -1.07. The van der Waals surface area contributed by atoms with Crippen LogP contribution < -0.4 is 4.90 Å². The zero-order chi connectivity index (χ0) is 12.8. The summed E-state index contributed by atoms with van der Waals surface area (Å²) in [5, 5.41) is 8.75. The fourth-order valence-electron chi connectivity index (χ4n) is 1.47. The van der Waals surface area contributed by atoms with E-state index in [0.717, 1.165) is 26.1 Å². The van der Waals surface area contributed by atoms with Crippen LogP contribution in [0.15, 0.2) is 10.7 Å². The number of aromatic carboxylic acids is 1.